The molecule has 0 aliphatic heterocycles. The van der Waals surface area contributed by atoms with Crippen LogP contribution in [-0.4, -0.2) is 20.4 Å². The third-order valence-corrected chi connectivity index (χ3v) is 3.27. The Hall–Kier alpha value is -3.39. The molecule has 0 bridgehead atoms. The van der Waals surface area contributed by atoms with Crippen LogP contribution in [-0.2, 0) is 0 Å². The quantitative estimate of drug-likeness (QED) is 0.353. The molecule has 0 unspecified atom stereocenters. The summed E-state index contributed by atoms with van der Waals surface area (Å²) in [5.41, 5.74) is -0.660. The third-order valence-electron chi connectivity index (χ3n) is 3.27. The molecule has 1 aromatic heterocycles. The number of hydrogen-bond acceptors (Lipinski definition) is 8. The van der Waals surface area contributed by atoms with Gasteiger partial charge in [-0.15, -0.1) is 0 Å². The van der Waals surface area contributed by atoms with Crippen molar-refractivity contribution in [2.45, 2.75) is 0 Å². The first-order valence-electron chi connectivity index (χ1n) is 6.34. The van der Waals surface area contributed by atoms with Crippen LogP contribution in [0.2, 0.25) is 0 Å². The van der Waals surface area contributed by atoms with Gasteiger partial charge in [0.25, 0.3) is 0 Å². The molecular weight excluding hydrogens is 306 g/mol. The minimum atomic E-state index is -0.756. The van der Waals surface area contributed by atoms with Crippen molar-refractivity contribution in [2.24, 2.45) is 5.90 Å². The van der Waals surface area contributed by atoms with Crippen LogP contribution < -0.4 is 16.2 Å². The van der Waals surface area contributed by atoms with E-state index in [0.717, 1.165) is 18.2 Å². The zero-order chi connectivity index (χ0) is 16.7. The van der Waals surface area contributed by atoms with Gasteiger partial charge in [-0.2, -0.15) is 5.90 Å². The normalized spacial score (nSPS) is 10.8. The van der Waals surface area contributed by atoms with Gasteiger partial charge >= 0.3 is 0 Å². The Morgan fingerprint density at radius 3 is 2.35 bits per heavy atom. The Balaban J connectivity index is 2.40. The summed E-state index contributed by atoms with van der Waals surface area (Å²) in [5, 5.41) is 38.0. The van der Waals surface area contributed by atoms with Crippen LogP contribution >= 0.6 is 0 Å². The Morgan fingerprint density at radius 1 is 0.957 bits per heavy atom. The lowest BCUT2D eigenvalue weighted by Gasteiger charge is -2.10. The summed E-state index contributed by atoms with van der Waals surface area (Å²) in [6, 6.07) is 5.82. The highest BCUT2D eigenvalue weighted by Gasteiger charge is 2.21. The van der Waals surface area contributed by atoms with Gasteiger partial charge in [-0.1, -0.05) is 0 Å². The van der Waals surface area contributed by atoms with Gasteiger partial charge in [-0.25, -0.2) is 0 Å². The number of benzene rings is 2. The highest BCUT2D eigenvalue weighted by Crippen LogP contribution is 2.37. The molecule has 8 nitrogen and oxygen atoms in total. The van der Waals surface area contributed by atoms with Gasteiger partial charge in [0, 0.05) is 17.7 Å². The van der Waals surface area contributed by atoms with Crippen LogP contribution in [0.4, 0.5) is 0 Å². The summed E-state index contributed by atoms with van der Waals surface area (Å²) in [6.07, 6.45) is 0. The van der Waals surface area contributed by atoms with E-state index in [-0.39, 0.29) is 33.8 Å². The maximum atomic E-state index is 12.4. The van der Waals surface area contributed by atoms with E-state index in [9.17, 15) is 25.2 Å². The summed E-state index contributed by atoms with van der Waals surface area (Å²) in [6.45, 7) is 0. The molecule has 0 saturated carbocycles. The largest absolute Gasteiger partial charge is 0.508 e. The fraction of sp³-hybridized carbons (Fsp3) is 0. The molecule has 23 heavy (non-hydrogen) atoms. The van der Waals surface area contributed by atoms with Crippen LogP contribution in [0.1, 0.15) is 0 Å². The molecule has 8 heteroatoms. The van der Waals surface area contributed by atoms with E-state index in [1.807, 2.05) is 0 Å². The molecule has 0 amide bonds. The van der Waals surface area contributed by atoms with Crippen molar-refractivity contribution in [3.05, 3.63) is 40.6 Å². The third kappa shape index (κ3) is 2.27. The molecule has 0 radical (unpaired) electrons. The second-order valence-electron chi connectivity index (χ2n) is 4.75. The van der Waals surface area contributed by atoms with Crippen molar-refractivity contribution in [3.63, 3.8) is 0 Å². The molecule has 6 N–H and O–H groups in total. The molecule has 0 atom stereocenters. The SMILES string of the molecule is NOc1c(-c2ccc(O)c(O)c2)oc2cc(O)cc(O)c2c1=O. The summed E-state index contributed by atoms with van der Waals surface area (Å²) in [5.74, 6) is 2.99. The predicted octanol–water partition coefficient (Wildman–Crippen LogP) is 1.53. The van der Waals surface area contributed by atoms with Gasteiger partial charge in [-0.05, 0) is 18.2 Å². The van der Waals surface area contributed by atoms with E-state index in [4.69, 9.17) is 10.3 Å². The number of aromatic hydroxyl groups is 4. The Kier molecular flexibility index (Phi) is 3.23. The predicted molar refractivity (Wildman–Crippen MR) is 79.4 cm³/mol. The minimum absolute atomic E-state index is 0.101. The van der Waals surface area contributed by atoms with Crippen LogP contribution in [0.25, 0.3) is 22.3 Å². The van der Waals surface area contributed by atoms with E-state index in [1.54, 1.807) is 0 Å². The summed E-state index contributed by atoms with van der Waals surface area (Å²) >= 11 is 0. The van der Waals surface area contributed by atoms with Crippen LogP contribution in [0.5, 0.6) is 28.7 Å². The van der Waals surface area contributed by atoms with Gasteiger partial charge in [0.15, 0.2) is 17.3 Å². The number of hydrogen-bond donors (Lipinski definition) is 5. The first kappa shape index (κ1) is 14.5. The van der Waals surface area contributed by atoms with Crippen molar-refractivity contribution in [1.82, 2.24) is 0 Å². The standard InChI is InChI=1S/C15H11NO7/c16-23-15-13(21)12-10(20)4-7(17)5-11(12)22-14(15)6-1-2-8(18)9(19)3-6/h1-5,17-20H,16H2. The molecule has 1 heterocycles. The molecule has 118 valence electrons. The fourth-order valence-electron chi connectivity index (χ4n) is 2.23. The maximum absolute atomic E-state index is 12.4. The van der Waals surface area contributed by atoms with Gasteiger partial charge in [0.05, 0.1) is 0 Å². The number of phenols is 4. The fourth-order valence-corrected chi connectivity index (χ4v) is 2.23. The first-order chi connectivity index (χ1) is 10.9. The second kappa shape index (κ2) is 5.11. The Labute approximate surface area is 128 Å². The molecule has 0 spiro atoms. The van der Waals surface area contributed by atoms with Gasteiger partial charge in [0.1, 0.15) is 22.5 Å². The van der Waals surface area contributed by atoms with E-state index in [1.165, 1.54) is 12.1 Å². The lowest BCUT2D eigenvalue weighted by Crippen LogP contribution is -2.14. The number of phenolic OH excluding ortho intramolecular Hbond substituents is 4. The van der Waals surface area contributed by atoms with Gasteiger partial charge in [-0.3, -0.25) is 4.79 Å². The summed E-state index contributed by atoms with van der Waals surface area (Å²) < 4.78 is 5.49. The molecule has 0 saturated heterocycles. The summed E-state index contributed by atoms with van der Waals surface area (Å²) in [4.78, 5) is 17.0. The molecule has 3 aromatic rings. The van der Waals surface area contributed by atoms with Crippen LogP contribution in [0, 0.1) is 0 Å². The van der Waals surface area contributed by atoms with E-state index in [0.29, 0.717) is 0 Å². The zero-order valence-corrected chi connectivity index (χ0v) is 11.5. The van der Waals surface area contributed by atoms with Crippen molar-refractivity contribution < 1.29 is 29.7 Å². The monoisotopic (exact) mass is 317 g/mol. The van der Waals surface area contributed by atoms with Crippen molar-refractivity contribution in [3.8, 4) is 40.1 Å². The zero-order valence-electron chi connectivity index (χ0n) is 11.5. The highest BCUT2D eigenvalue weighted by molar-refractivity contribution is 5.88. The van der Waals surface area contributed by atoms with Gasteiger partial charge in [0.2, 0.25) is 11.2 Å². The number of nitrogens with two attached hydrogens (primary N) is 1. The average Bonchev–Trinajstić information content (AvgIpc) is 2.49. The Morgan fingerprint density at radius 2 is 1.70 bits per heavy atom. The molecule has 2 aromatic carbocycles. The maximum Gasteiger partial charge on any atom is 0.241 e. The molecule has 0 aliphatic rings. The number of rotatable bonds is 2. The van der Waals surface area contributed by atoms with E-state index in [2.05, 4.69) is 4.84 Å². The topological polar surface area (TPSA) is 146 Å². The van der Waals surface area contributed by atoms with E-state index < -0.39 is 22.7 Å². The van der Waals surface area contributed by atoms with Gasteiger partial charge < -0.3 is 29.7 Å². The average molecular weight is 317 g/mol. The van der Waals surface area contributed by atoms with Crippen molar-refractivity contribution >= 4 is 11.0 Å². The van der Waals surface area contributed by atoms with E-state index >= 15 is 0 Å². The lowest BCUT2D eigenvalue weighted by molar-refractivity contribution is 0.324. The number of fused-ring (bicyclic) bond motifs is 1. The highest BCUT2D eigenvalue weighted by atomic mass is 16.6. The molecular formula is C15H11NO7. The minimum Gasteiger partial charge on any atom is -0.508 e. The lowest BCUT2D eigenvalue weighted by atomic mass is 10.1. The summed E-state index contributed by atoms with van der Waals surface area (Å²) in [7, 11) is 0. The Bertz CT molecular complexity index is 978. The van der Waals surface area contributed by atoms with Crippen LogP contribution in [0.15, 0.2) is 39.5 Å². The van der Waals surface area contributed by atoms with Crippen molar-refractivity contribution in [2.75, 3.05) is 0 Å². The molecule has 0 aliphatic carbocycles. The second-order valence-corrected chi connectivity index (χ2v) is 4.75. The smallest absolute Gasteiger partial charge is 0.241 e. The van der Waals surface area contributed by atoms with Crippen LogP contribution in [0.3, 0.4) is 0 Å². The molecule has 3 rings (SSSR count). The molecule has 0 fully saturated rings. The van der Waals surface area contributed by atoms with Crippen molar-refractivity contribution in [1.29, 1.82) is 0 Å². The first-order valence-corrected chi connectivity index (χ1v) is 6.34.